The number of ether oxygens (including phenoxy) is 3. The topological polar surface area (TPSA) is 68.8 Å². The van der Waals surface area contributed by atoms with Gasteiger partial charge in [-0.1, -0.05) is 0 Å². The second-order valence-electron chi connectivity index (χ2n) is 7.31. The summed E-state index contributed by atoms with van der Waals surface area (Å²) in [4.78, 5) is 12.8. The van der Waals surface area contributed by atoms with E-state index < -0.39 is 5.41 Å². The van der Waals surface area contributed by atoms with E-state index in [1.54, 1.807) is 7.11 Å². The van der Waals surface area contributed by atoms with E-state index in [1.807, 2.05) is 24.3 Å². The maximum absolute atomic E-state index is 12.8. The first kappa shape index (κ1) is 19.1. The molecule has 2 aliphatic heterocycles. The van der Waals surface area contributed by atoms with Crippen molar-refractivity contribution in [1.29, 1.82) is 0 Å². The third-order valence-electron chi connectivity index (χ3n) is 5.40. The number of carbonyl (C=O) groups is 1. The largest absolute Gasteiger partial charge is 0.493 e. The molecule has 144 valence electrons. The quantitative estimate of drug-likeness (QED) is 0.780. The lowest BCUT2D eigenvalue weighted by Crippen LogP contribution is -2.47. The number of anilines is 1. The molecule has 2 heterocycles. The van der Waals surface area contributed by atoms with Crippen LogP contribution >= 0.6 is 0 Å². The van der Waals surface area contributed by atoms with Gasteiger partial charge in [0, 0.05) is 26.0 Å². The summed E-state index contributed by atoms with van der Waals surface area (Å²) in [6.07, 6.45) is 3.70. The lowest BCUT2D eigenvalue weighted by atomic mass is 9.78. The Bertz CT molecular complexity index is 558. The number of piperidine rings is 1. The van der Waals surface area contributed by atoms with Crippen LogP contribution in [0, 0.1) is 11.3 Å². The first-order chi connectivity index (χ1) is 12.7. The molecule has 0 unspecified atom stereocenters. The highest BCUT2D eigenvalue weighted by atomic mass is 16.5. The van der Waals surface area contributed by atoms with E-state index in [4.69, 9.17) is 14.2 Å². The van der Waals surface area contributed by atoms with Gasteiger partial charge in [0.2, 0.25) is 5.91 Å². The van der Waals surface area contributed by atoms with Gasteiger partial charge in [-0.15, -0.1) is 0 Å². The molecule has 0 atom stereocenters. The smallest absolute Gasteiger partial charge is 0.233 e. The Morgan fingerprint density at radius 2 is 1.92 bits per heavy atom. The standard InChI is InChI=1S/C20H30N2O4/c1-24-15-20(8-10-21-11-9-20)19(23)22-17-2-4-18(5-3-17)26-14-16-6-12-25-13-7-16/h2-5,16,21H,6-15H2,1H3,(H,22,23). The highest BCUT2D eigenvalue weighted by Gasteiger charge is 2.39. The van der Waals surface area contributed by atoms with Crippen molar-refractivity contribution in [3.63, 3.8) is 0 Å². The van der Waals surface area contributed by atoms with Gasteiger partial charge in [-0.05, 0) is 69.0 Å². The first-order valence-corrected chi connectivity index (χ1v) is 9.54. The van der Waals surface area contributed by atoms with Crippen LogP contribution in [-0.4, -0.2) is 52.5 Å². The van der Waals surface area contributed by atoms with Gasteiger partial charge in [-0.3, -0.25) is 4.79 Å². The predicted molar refractivity (Wildman–Crippen MR) is 101 cm³/mol. The van der Waals surface area contributed by atoms with E-state index in [9.17, 15) is 4.79 Å². The highest BCUT2D eigenvalue weighted by molar-refractivity contribution is 5.95. The molecule has 6 heteroatoms. The molecular weight excluding hydrogens is 332 g/mol. The number of rotatable bonds is 7. The van der Waals surface area contributed by atoms with Crippen molar-refractivity contribution in [3.05, 3.63) is 24.3 Å². The van der Waals surface area contributed by atoms with Crippen LogP contribution in [0.4, 0.5) is 5.69 Å². The van der Waals surface area contributed by atoms with E-state index in [2.05, 4.69) is 10.6 Å². The molecule has 26 heavy (non-hydrogen) atoms. The molecule has 2 aliphatic rings. The van der Waals surface area contributed by atoms with E-state index in [0.29, 0.717) is 12.5 Å². The Balaban J connectivity index is 1.53. The lowest BCUT2D eigenvalue weighted by molar-refractivity contribution is -0.130. The first-order valence-electron chi connectivity index (χ1n) is 9.54. The van der Waals surface area contributed by atoms with Crippen LogP contribution in [0.2, 0.25) is 0 Å². The zero-order valence-corrected chi connectivity index (χ0v) is 15.6. The number of hydrogen-bond acceptors (Lipinski definition) is 5. The second-order valence-corrected chi connectivity index (χ2v) is 7.31. The molecule has 0 aliphatic carbocycles. The number of carbonyl (C=O) groups excluding carboxylic acids is 1. The third kappa shape index (κ3) is 4.96. The maximum atomic E-state index is 12.8. The minimum absolute atomic E-state index is 0.0386. The fraction of sp³-hybridized carbons (Fsp3) is 0.650. The van der Waals surface area contributed by atoms with Gasteiger partial charge in [0.1, 0.15) is 5.75 Å². The summed E-state index contributed by atoms with van der Waals surface area (Å²) in [5.74, 6) is 1.44. The summed E-state index contributed by atoms with van der Waals surface area (Å²) in [6, 6.07) is 7.64. The van der Waals surface area contributed by atoms with Crippen LogP contribution in [-0.2, 0) is 14.3 Å². The molecule has 1 aromatic carbocycles. The predicted octanol–water partition coefficient (Wildman–Crippen LogP) is 2.45. The Hall–Kier alpha value is -1.63. The summed E-state index contributed by atoms with van der Waals surface area (Å²) in [6.45, 7) is 4.52. The summed E-state index contributed by atoms with van der Waals surface area (Å²) in [5.41, 5.74) is 0.348. The fourth-order valence-electron chi connectivity index (χ4n) is 3.64. The zero-order valence-electron chi connectivity index (χ0n) is 15.6. The summed E-state index contributed by atoms with van der Waals surface area (Å²) in [7, 11) is 1.65. The number of amides is 1. The molecular formula is C20H30N2O4. The van der Waals surface area contributed by atoms with Gasteiger partial charge in [0.15, 0.2) is 0 Å². The van der Waals surface area contributed by atoms with Gasteiger partial charge in [0.05, 0.1) is 18.6 Å². The van der Waals surface area contributed by atoms with Crippen molar-refractivity contribution in [2.45, 2.75) is 25.7 Å². The average molecular weight is 362 g/mol. The number of benzene rings is 1. The van der Waals surface area contributed by atoms with Gasteiger partial charge in [-0.25, -0.2) is 0 Å². The Labute approximate surface area is 155 Å². The van der Waals surface area contributed by atoms with Gasteiger partial charge < -0.3 is 24.8 Å². The molecule has 0 bridgehead atoms. The minimum Gasteiger partial charge on any atom is -0.493 e. The van der Waals surface area contributed by atoms with Crippen molar-refractivity contribution < 1.29 is 19.0 Å². The molecule has 3 rings (SSSR count). The highest BCUT2D eigenvalue weighted by Crippen LogP contribution is 2.31. The van der Waals surface area contributed by atoms with Crippen molar-refractivity contribution in [2.24, 2.45) is 11.3 Å². The minimum atomic E-state index is -0.446. The van der Waals surface area contributed by atoms with Crippen LogP contribution in [0.15, 0.2) is 24.3 Å². The van der Waals surface area contributed by atoms with E-state index in [1.165, 1.54) is 0 Å². The van der Waals surface area contributed by atoms with Crippen molar-refractivity contribution in [1.82, 2.24) is 5.32 Å². The molecule has 2 fully saturated rings. The third-order valence-corrected chi connectivity index (χ3v) is 5.40. The molecule has 0 saturated carbocycles. The molecule has 2 saturated heterocycles. The number of nitrogens with one attached hydrogen (secondary N) is 2. The monoisotopic (exact) mass is 362 g/mol. The SMILES string of the molecule is COCC1(C(=O)Nc2ccc(OCC3CCOCC3)cc2)CCNCC1. The summed E-state index contributed by atoms with van der Waals surface area (Å²) in [5, 5.41) is 6.36. The Morgan fingerprint density at radius 1 is 1.23 bits per heavy atom. The van der Waals surface area contributed by atoms with Crippen LogP contribution in [0.3, 0.4) is 0 Å². The van der Waals surface area contributed by atoms with E-state index in [0.717, 1.165) is 70.0 Å². The van der Waals surface area contributed by atoms with Gasteiger partial charge in [-0.2, -0.15) is 0 Å². The van der Waals surface area contributed by atoms with E-state index >= 15 is 0 Å². The molecule has 0 radical (unpaired) electrons. The lowest BCUT2D eigenvalue weighted by Gasteiger charge is -2.35. The maximum Gasteiger partial charge on any atom is 0.233 e. The van der Waals surface area contributed by atoms with Crippen LogP contribution in [0.1, 0.15) is 25.7 Å². The molecule has 1 aromatic rings. The zero-order chi connectivity index (χ0) is 18.2. The second kappa shape index (κ2) is 9.35. The molecule has 6 nitrogen and oxygen atoms in total. The fourth-order valence-corrected chi connectivity index (χ4v) is 3.64. The molecule has 0 aromatic heterocycles. The van der Waals surface area contributed by atoms with Crippen molar-refractivity contribution in [2.75, 3.05) is 51.9 Å². The molecule has 1 amide bonds. The number of methoxy groups -OCH3 is 1. The normalized spacial score (nSPS) is 20.5. The van der Waals surface area contributed by atoms with Crippen LogP contribution in [0.5, 0.6) is 5.75 Å². The Morgan fingerprint density at radius 3 is 2.58 bits per heavy atom. The Kier molecular flexibility index (Phi) is 6.88. The summed E-state index contributed by atoms with van der Waals surface area (Å²) >= 11 is 0. The van der Waals surface area contributed by atoms with Crippen molar-refractivity contribution in [3.8, 4) is 5.75 Å². The van der Waals surface area contributed by atoms with Crippen molar-refractivity contribution >= 4 is 11.6 Å². The summed E-state index contributed by atoms with van der Waals surface area (Å²) < 4.78 is 16.6. The van der Waals surface area contributed by atoms with E-state index in [-0.39, 0.29) is 5.91 Å². The van der Waals surface area contributed by atoms with Crippen LogP contribution < -0.4 is 15.4 Å². The molecule has 0 spiro atoms. The van der Waals surface area contributed by atoms with Gasteiger partial charge in [0.25, 0.3) is 0 Å². The number of hydrogen-bond donors (Lipinski definition) is 2. The average Bonchev–Trinajstić information content (AvgIpc) is 2.69. The van der Waals surface area contributed by atoms with Gasteiger partial charge >= 0.3 is 0 Å². The van der Waals surface area contributed by atoms with Crippen LogP contribution in [0.25, 0.3) is 0 Å². The molecule has 2 N–H and O–H groups in total.